The first-order valence-corrected chi connectivity index (χ1v) is 8.98. The van der Waals surface area contributed by atoms with Gasteiger partial charge < -0.3 is 10.6 Å². The molecule has 0 spiro atoms. The average molecular weight is 360 g/mol. The molecule has 5 nitrogen and oxygen atoms in total. The van der Waals surface area contributed by atoms with Gasteiger partial charge in [0, 0.05) is 11.9 Å². The van der Waals surface area contributed by atoms with Crippen LogP contribution >= 0.6 is 0 Å². The van der Waals surface area contributed by atoms with Gasteiger partial charge in [-0.1, -0.05) is 48.0 Å². The van der Waals surface area contributed by atoms with Crippen molar-refractivity contribution in [3.63, 3.8) is 0 Å². The van der Waals surface area contributed by atoms with E-state index >= 15 is 0 Å². The molecule has 3 rings (SSSR count). The van der Waals surface area contributed by atoms with Crippen molar-refractivity contribution in [2.24, 2.45) is 0 Å². The Balaban J connectivity index is 1.76. The largest absolute Gasteiger partial charge is 0.348 e. The van der Waals surface area contributed by atoms with Gasteiger partial charge in [-0.15, -0.1) is 0 Å². The fourth-order valence-electron chi connectivity index (χ4n) is 3.13. The normalized spacial score (nSPS) is 11.7. The van der Waals surface area contributed by atoms with Crippen LogP contribution in [-0.2, 0) is 0 Å². The van der Waals surface area contributed by atoms with Gasteiger partial charge in [0.15, 0.2) is 0 Å². The lowest BCUT2D eigenvalue weighted by molar-refractivity contribution is 0.102. The van der Waals surface area contributed by atoms with Gasteiger partial charge >= 0.3 is 0 Å². The summed E-state index contributed by atoms with van der Waals surface area (Å²) in [5, 5.41) is 6.22. The molecule has 3 aromatic rings. The highest BCUT2D eigenvalue weighted by Gasteiger charge is 2.13. The quantitative estimate of drug-likeness (QED) is 0.684. The zero-order valence-electron chi connectivity index (χ0n) is 16.1. The minimum atomic E-state index is -0.247. The summed E-state index contributed by atoms with van der Waals surface area (Å²) in [5.41, 5.74) is 5.52. The maximum Gasteiger partial charge on any atom is 0.274 e. The number of carbonyl (C=O) groups excluding carboxylic acids is 1. The maximum absolute atomic E-state index is 12.7. The first-order chi connectivity index (χ1) is 12.9. The lowest BCUT2D eigenvalue weighted by Crippen LogP contribution is -2.17. The van der Waals surface area contributed by atoms with Crippen LogP contribution in [0, 0.1) is 20.8 Å². The molecule has 0 aliphatic rings. The molecule has 0 saturated carbocycles. The van der Waals surface area contributed by atoms with E-state index < -0.39 is 0 Å². The molecule has 1 heterocycles. The fourth-order valence-corrected chi connectivity index (χ4v) is 3.13. The van der Waals surface area contributed by atoms with Gasteiger partial charge in [-0.25, -0.2) is 9.97 Å². The van der Waals surface area contributed by atoms with Crippen LogP contribution in [0.25, 0.3) is 0 Å². The van der Waals surface area contributed by atoms with E-state index in [2.05, 4.69) is 32.7 Å². The van der Waals surface area contributed by atoms with Crippen LogP contribution in [0.2, 0.25) is 0 Å². The minimum Gasteiger partial charge on any atom is -0.348 e. The van der Waals surface area contributed by atoms with Crippen molar-refractivity contribution in [2.45, 2.75) is 33.7 Å². The first kappa shape index (κ1) is 18.6. The molecule has 0 radical (unpaired) electrons. The molecule has 1 atom stereocenters. The minimum absolute atomic E-state index is 0.0334. The summed E-state index contributed by atoms with van der Waals surface area (Å²) in [6, 6.07) is 15.8. The highest BCUT2D eigenvalue weighted by molar-refractivity contribution is 6.03. The Morgan fingerprint density at radius 1 is 1.00 bits per heavy atom. The summed E-state index contributed by atoms with van der Waals surface area (Å²) in [6.07, 6.45) is 1.59. The van der Waals surface area contributed by atoms with E-state index in [1.807, 2.05) is 58.0 Å². The second kappa shape index (κ2) is 7.99. The van der Waals surface area contributed by atoms with Crippen LogP contribution in [0.3, 0.4) is 0 Å². The Hall–Kier alpha value is -3.21. The molecule has 2 aromatic carbocycles. The maximum atomic E-state index is 12.7. The summed E-state index contributed by atoms with van der Waals surface area (Å²) in [4.78, 5) is 21.3. The molecule has 0 aliphatic heterocycles. The lowest BCUT2D eigenvalue weighted by Gasteiger charge is -2.15. The van der Waals surface area contributed by atoms with Crippen LogP contribution in [0.15, 0.2) is 54.7 Å². The van der Waals surface area contributed by atoms with Crippen LogP contribution in [0.5, 0.6) is 0 Å². The first-order valence-electron chi connectivity index (χ1n) is 8.98. The molecular weight excluding hydrogens is 336 g/mol. The Morgan fingerprint density at radius 3 is 2.33 bits per heavy atom. The number of nitrogens with zero attached hydrogens (tertiary/aromatic N) is 2. The second-order valence-corrected chi connectivity index (χ2v) is 6.77. The molecular formula is C22H24N4O. The fraction of sp³-hybridized carbons (Fsp3) is 0.227. The summed E-state index contributed by atoms with van der Waals surface area (Å²) in [7, 11) is 0. The number of rotatable bonds is 5. The SMILES string of the molecule is Cc1cc(C)c(NC(=O)c2ccnc(NC(C)c3ccccc3)n2)c(C)c1. The summed E-state index contributed by atoms with van der Waals surface area (Å²) < 4.78 is 0. The molecule has 0 saturated heterocycles. The zero-order valence-corrected chi connectivity index (χ0v) is 16.1. The molecule has 0 bridgehead atoms. The number of amides is 1. The molecule has 5 heteroatoms. The standard InChI is InChI=1S/C22H24N4O/c1-14-12-15(2)20(16(3)13-14)26-21(27)19-10-11-23-22(25-19)24-17(4)18-8-6-5-7-9-18/h5-13,17H,1-4H3,(H,26,27)(H,23,24,25). The number of carbonyl (C=O) groups is 1. The second-order valence-electron chi connectivity index (χ2n) is 6.77. The third kappa shape index (κ3) is 4.50. The van der Waals surface area contributed by atoms with E-state index in [-0.39, 0.29) is 11.9 Å². The molecule has 1 unspecified atom stereocenters. The highest BCUT2D eigenvalue weighted by atomic mass is 16.1. The van der Waals surface area contributed by atoms with Gasteiger partial charge in [0.05, 0.1) is 6.04 Å². The van der Waals surface area contributed by atoms with Crippen molar-refractivity contribution in [1.29, 1.82) is 0 Å². The van der Waals surface area contributed by atoms with Gasteiger partial charge in [0.1, 0.15) is 5.69 Å². The molecule has 138 valence electrons. The zero-order chi connectivity index (χ0) is 19.4. The van der Waals surface area contributed by atoms with Crippen molar-refractivity contribution in [3.05, 3.63) is 82.7 Å². The number of hydrogen-bond acceptors (Lipinski definition) is 4. The highest BCUT2D eigenvalue weighted by Crippen LogP contribution is 2.22. The summed E-state index contributed by atoms with van der Waals surface area (Å²) >= 11 is 0. The van der Waals surface area contributed by atoms with Crippen LogP contribution in [0.1, 0.15) is 45.7 Å². The predicted octanol–water partition coefficient (Wildman–Crippen LogP) is 4.83. The van der Waals surface area contributed by atoms with Gasteiger partial charge in [0.2, 0.25) is 5.95 Å². The Bertz CT molecular complexity index is 931. The predicted molar refractivity (Wildman–Crippen MR) is 109 cm³/mol. The van der Waals surface area contributed by atoms with Gasteiger partial charge in [-0.3, -0.25) is 4.79 Å². The molecule has 2 N–H and O–H groups in total. The molecule has 0 aliphatic carbocycles. The molecule has 1 amide bonds. The summed E-state index contributed by atoms with van der Waals surface area (Å²) in [6.45, 7) is 8.06. The molecule has 27 heavy (non-hydrogen) atoms. The van der Waals surface area contributed by atoms with Crippen LogP contribution in [-0.4, -0.2) is 15.9 Å². The van der Waals surface area contributed by atoms with Crippen LogP contribution < -0.4 is 10.6 Å². The van der Waals surface area contributed by atoms with Crippen LogP contribution in [0.4, 0.5) is 11.6 Å². The van der Waals surface area contributed by atoms with Gasteiger partial charge in [0.25, 0.3) is 5.91 Å². The number of anilines is 2. The van der Waals surface area contributed by atoms with Crippen molar-refractivity contribution >= 4 is 17.5 Å². The van der Waals surface area contributed by atoms with Gasteiger partial charge in [-0.05, 0) is 50.5 Å². The van der Waals surface area contributed by atoms with E-state index in [9.17, 15) is 4.79 Å². The third-order valence-electron chi connectivity index (χ3n) is 4.45. The van der Waals surface area contributed by atoms with E-state index in [0.717, 1.165) is 22.4 Å². The van der Waals surface area contributed by atoms with E-state index in [0.29, 0.717) is 11.6 Å². The van der Waals surface area contributed by atoms with Crippen molar-refractivity contribution < 1.29 is 4.79 Å². The van der Waals surface area contributed by atoms with E-state index in [4.69, 9.17) is 0 Å². The topological polar surface area (TPSA) is 66.9 Å². The van der Waals surface area contributed by atoms with Crippen molar-refractivity contribution in [3.8, 4) is 0 Å². The Labute approximate surface area is 159 Å². The summed E-state index contributed by atoms with van der Waals surface area (Å²) in [5.74, 6) is 0.180. The molecule has 0 fully saturated rings. The number of hydrogen-bond donors (Lipinski definition) is 2. The van der Waals surface area contributed by atoms with E-state index in [1.165, 1.54) is 5.56 Å². The smallest absolute Gasteiger partial charge is 0.274 e. The number of benzene rings is 2. The number of nitrogens with one attached hydrogen (secondary N) is 2. The monoisotopic (exact) mass is 360 g/mol. The van der Waals surface area contributed by atoms with E-state index in [1.54, 1.807) is 12.3 Å². The Kier molecular flexibility index (Phi) is 5.50. The molecule has 1 aromatic heterocycles. The van der Waals surface area contributed by atoms with Gasteiger partial charge in [-0.2, -0.15) is 0 Å². The van der Waals surface area contributed by atoms with Crippen molar-refractivity contribution in [1.82, 2.24) is 9.97 Å². The average Bonchev–Trinajstić information content (AvgIpc) is 2.65. The third-order valence-corrected chi connectivity index (χ3v) is 4.45. The van der Waals surface area contributed by atoms with Crippen molar-refractivity contribution in [2.75, 3.05) is 10.6 Å². The number of aryl methyl sites for hydroxylation is 3. The Morgan fingerprint density at radius 2 is 1.67 bits per heavy atom. The number of aromatic nitrogens is 2. The lowest BCUT2D eigenvalue weighted by atomic mass is 10.1.